The molecule has 0 unspecified atom stereocenters. The summed E-state index contributed by atoms with van der Waals surface area (Å²) in [6, 6.07) is 0.0292. The zero-order valence-electron chi connectivity index (χ0n) is 19.3. The van der Waals surface area contributed by atoms with Gasteiger partial charge >= 0.3 is 0 Å². The number of nitrogens with zero attached hydrogens (tertiary/aromatic N) is 6. The molecule has 178 valence electrons. The lowest BCUT2D eigenvalue weighted by molar-refractivity contribution is -0.125. The summed E-state index contributed by atoms with van der Waals surface area (Å²) in [5.41, 5.74) is 0.369. The van der Waals surface area contributed by atoms with Crippen molar-refractivity contribution in [3.8, 4) is 5.88 Å². The number of likely N-dealkylation sites (N-methyl/N-ethyl adjacent to an activating group) is 1. The lowest BCUT2D eigenvalue weighted by atomic mass is 10.2. The third kappa shape index (κ3) is 4.82. The Morgan fingerprint density at radius 2 is 2.06 bits per heavy atom. The predicted octanol–water partition coefficient (Wildman–Crippen LogP) is 1.21. The Kier molecular flexibility index (Phi) is 6.44. The summed E-state index contributed by atoms with van der Waals surface area (Å²) in [6.45, 7) is 4.53. The van der Waals surface area contributed by atoms with Gasteiger partial charge in [0, 0.05) is 43.7 Å². The first-order valence-corrected chi connectivity index (χ1v) is 11.1. The van der Waals surface area contributed by atoms with Crippen molar-refractivity contribution >= 4 is 23.5 Å². The summed E-state index contributed by atoms with van der Waals surface area (Å²) in [5, 5.41) is 17.8. The maximum absolute atomic E-state index is 13.0. The van der Waals surface area contributed by atoms with Crippen LogP contribution in [0.15, 0.2) is 35.7 Å². The molecule has 0 saturated heterocycles. The fraction of sp³-hybridized carbons (Fsp3) is 0.391. The summed E-state index contributed by atoms with van der Waals surface area (Å²) in [6.07, 6.45) is 10.7. The molecule has 1 fully saturated rings. The number of amides is 2. The van der Waals surface area contributed by atoms with Crippen LogP contribution >= 0.6 is 0 Å². The van der Waals surface area contributed by atoms with Gasteiger partial charge in [0.05, 0.1) is 24.6 Å². The first kappa shape index (κ1) is 23.1. The van der Waals surface area contributed by atoms with E-state index < -0.39 is 17.3 Å². The number of aromatic nitrogens is 5. The molecule has 1 aliphatic carbocycles. The molecular formula is C23H27N7O4. The van der Waals surface area contributed by atoms with Gasteiger partial charge in [0.1, 0.15) is 5.65 Å². The fourth-order valence-electron chi connectivity index (χ4n) is 3.57. The van der Waals surface area contributed by atoms with E-state index in [0.29, 0.717) is 23.4 Å². The summed E-state index contributed by atoms with van der Waals surface area (Å²) in [7, 11) is 1.64. The molecule has 1 saturated carbocycles. The van der Waals surface area contributed by atoms with Crippen LogP contribution < -0.4 is 10.9 Å². The molecule has 0 atom stereocenters. The molecule has 3 aromatic rings. The number of hydrogen-bond acceptors (Lipinski definition) is 7. The molecule has 1 aliphatic rings. The van der Waals surface area contributed by atoms with Gasteiger partial charge in [0.2, 0.25) is 11.8 Å². The smallest absolute Gasteiger partial charge is 0.291 e. The molecule has 2 N–H and O–H groups in total. The van der Waals surface area contributed by atoms with Crippen molar-refractivity contribution < 1.29 is 14.7 Å². The highest BCUT2D eigenvalue weighted by atomic mass is 16.3. The van der Waals surface area contributed by atoms with Crippen LogP contribution in [0.1, 0.15) is 48.3 Å². The number of hydrogen-bond donors (Lipinski definition) is 2. The highest BCUT2D eigenvalue weighted by Crippen LogP contribution is 2.24. The highest BCUT2D eigenvalue weighted by molar-refractivity contribution is 5.97. The third-order valence-corrected chi connectivity index (χ3v) is 5.40. The molecule has 4 rings (SSSR count). The van der Waals surface area contributed by atoms with Crippen LogP contribution in [0.5, 0.6) is 5.88 Å². The average molecular weight is 466 g/mol. The minimum atomic E-state index is -0.712. The molecule has 0 bridgehead atoms. The van der Waals surface area contributed by atoms with Crippen LogP contribution in [0, 0.1) is 5.92 Å². The Morgan fingerprint density at radius 1 is 1.29 bits per heavy atom. The Hall–Kier alpha value is -4.02. The van der Waals surface area contributed by atoms with Gasteiger partial charge in [-0.15, -0.1) is 0 Å². The maximum Gasteiger partial charge on any atom is 0.291 e. The van der Waals surface area contributed by atoms with E-state index in [4.69, 9.17) is 0 Å². The lowest BCUT2D eigenvalue weighted by Gasteiger charge is -2.17. The molecule has 0 radical (unpaired) electrons. The van der Waals surface area contributed by atoms with Crippen LogP contribution in [0.3, 0.4) is 0 Å². The second-order valence-electron chi connectivity index (χ2n) is 8.82. The number of fused-ring (bicyclic) bond motifs is 1. The molecule has 0 aromatic carbocycles. The van der Waals surface area contributed by atoms with E-state index >= 15 is 0 Å². The second-order valence-corrected chi connectivity index (χ2v) is 8.82. The van der Waals surface area contributed by atoms with Crippen molar-refractivity contribution in [2.75, 3.05) is 7.05 Å². The zero-order valence-corrected chi connectivity index (χ0v) is 19.3. The van der Waals surface area contributed by atoms with Crippen molar-refractivity contribution in [1.29, 1.82) is 0 Å². The lowest BCUT2D eigenvalue weighted by Crippen LogP contribution is -2.34. The van der Waals surface area contributed by atoms with Crippen molar-refractivity contribution in [2.24, 2.45) is 5.92 Å². The highest BCUT2D eigenvalue weighted by Gasteiger charge is 2.29. The molecule has 11 heteroatoms. The quantitative estimate of drug-likeness (QED) is 0.478. The zero-order chi connectivity index (χ0) is 24.4. The van der Waals surface area contributed by atoms with E-state index in [2.05, 4.69) is 20.4 Å². The molecular weight excluding hydrogens is 438 g/mol. The van der Waals surface area contributed by atoms with Crippen LogP contribution in [0.4, 0.5) is 0 Å². The molecule has 3 heterocycles. The maximum atomic E-state index is 13.0. The van der Waals surface area contributed by atoms with Crippen LogP contribution in [0.2, 0.25) is 0 Å². The van der Waals surface area contributed by atoms with Crippen molar-refractivity contribution in [3.05, 3.63) is 58.0 Å². The van der Waals surface area contributed by atoms with Crippen LogP contribution in [-0.2, 0) is 17.9 Å². The minimum Gasteiger partial charge on any atom is -0.494 e. The topological polar surface area (TPSA) is 135 Å². The molecule has 0 aliphatic heterocycles. The largest absolute Gasteiger partial charge is 0.494 e. The van der Waals surface area contributed by atoms with Crippen molar-refractivity contribution in [3.63, 3.8) is 0 Å². The molecule has 2 amide bonds. The number of carbonyl (C=O) groups excluding carboxylic acids is 2. The average Bonchev–Trinajstić information content (AvgIpc) is 3.50. The number of carbonyl (C=O) groups is 2. The summed E-state index contributed by atoms with van der Waals surface area (Å²) in [4.78, 5) is 48.0. The van der Waals surface area contributed by atoms with Gasteiger partial charge < -0.3 is 15.3 Å². The van der Waals surface area contributed by atoms with Gasteiger partial charge in [-0.05, 0) is 24.8 Å². The Morgan fingerprint density at radius 3 is 2.71 bits per heavy atom. The minimum absolute atomic E-state index is 0.0292. The first-order valence-electron chi connectivity index (χ1n) is 11.1. The first-order chi connectivity index (χ1) is 16.3. The van der Waals surface area contributed by atoms with Gasteiger partial charge in [0.15, 0.2) is 5.56 Å². The van der Waals surface area contributed by atoms with Crippen LogP contribution in [-0.4, -0.2) is 59.1 Å². The predicted molar refractivity (Wildman–Crippen MR) is 124 cm³/mol. The molecule has 3 aromatic heterocycles. The molecule has 11 nitrogen and oxygen atoms in total. The molecule has 34 heavy (non-hydrogen) atoms. The fourth-order valence-corrected chi connectivity index (χ4v) is 3.57. The van der Waals surface area contributed by atoms with E-state index in [-0.39, 0.29) is 30.0 Å². The van der Waals surface area contributed by atoms with E-state index in [1.807, 2.05) is 13.8 Å². The number of aromatic hydroxyl groups is 1. The summed E-state index contributed by atoms with van der Waals surface area (Å²) in [5.74, 6) is -1.21. The monoisotopic (exact) mass is 465 g/mol. The molecule has 0 spiro atoms. The van der Waals surface area contributed by atoms with E-state index in [1.54, 1.807) is 25.6 Å². The van der Waals surface area contributed by atoms with Gasteiger partial charge in [-0.1, -0.05) is 13.8 Å². The standard InChI is InChI=1S/C23H27N7O4/c1-14(2)12-29-21-15(4-7-18(31)28(3)13-17-11-24-8-9-25-17)10-26-30(21)23(34)19(22(29)33)20(32)27-16-5-6-16/h4,7-11,14,16,33H,5-6,12-13H2,1-3H3,(H,27,32)/b7-4+. The van der Waals surface area contributed by atoms with Crippen molar-refractivity contribution in [2.45, 2.75) is 45.8 Å². The Labute approximate surface area is 195 Å². The van der Waals surface area contributed by atoms with E-state index in [9.17, 15) is 19.5 Å². The van der Waals surface area contributed by atoms with Gasteiger partial charge in [-0.3, -0.25) is 28.9 Å². The second kappa shape index (κ2) is 9.46. The van der Waals surface area contributed by atoms with E-state index in [1.165, 1.54) is 27.8 Å². The third-order valence-electron chi connectivity index (χ3n) is 5.40. The van der Waals surface area contributed by atoms with Gasteiger partial charge in [0.25, 0.3) is 11.5 Å². The normalized spacial score (nSPS) is 13.6. The number of nitrogens with one attached hydrogen (secondary N) is 1. The van der Waals surface area contributed by atoms with Gasteiger partial charge in [-0.25, -0.2) is 0 Å². The number of rotatable bonds is 8. The summed E-state index contributed by atoms with van der Waals surface area (Å²) < 4.78 is 2.59. The van der Waals surface area contributed by atoms with Crippen molar-refractivity contribution in [1.82, 2.24) is 34.4 Å². The Balaban J connectivity index is 1.68. The van der Waals surface area contributed by atoms with Crippen LogP contribution in [0.25, 0.3) is 11.7 Å². The van der Waals surface area contributed by atoms with E-state index in [0.717, 1.165) is 17.4 Å². The summed E-state index contributed by atoms with van der Waals surface area (Å²) >= 11 is 0. The SMILES string of the molecule is CC(C)Cn1c(O)c(C(=O)NC2CC2)c(=O)n2ncc(/C=C/C(=O)N(C)Cc3cnccn3)c12. The Bertz CT molecular complexity index is 1310. The van der Waals surface area contributed by atoms with Gasteiger partial charge in [-0.2, -0.15) is 9.61 Å².